The number of fused-ring (bicyclic) bond motifs is 1. The molecule has 3 rings (SSSR count). The van der Waals surface area contributed by atoms with Crippen molar-refractivity contribution in [1.82, 2.24) is 0 Å². The number of hydrogen-bond donors (Lipinski definition) is 1. The standard InChI is InChI=1S/C21H22N2O5S/c1-3-27-16-10-8-15(9-11-16)22-21(26)14(2)28-20(25)12-23-17-6-4-5-7-18(17)29-13-19(23)24/h4-11,14H,3,12-13H2,1-2H3,(H,22,26)/t14-/m1/s1. The Morgan fingerprint density at radius 3 is 2.62 bits per heavy atom. The number of rotatable bonds is 7. The third-order valence-corrected chi connectivity index (χ3v) is 5.25. The van der Waals surface area contributed by atoms with Crippen LogP contribution in [0, 0.1) is 0 Å². The summed E-state index contributed by atoms with van der Waals surface area (Å²) in [7, 11) is 0. The lowest BCUT2D eigenvalue weighted by molar-refractivity contribution is -0.152. The van der Waals surface area contributed by atoms with Crippen molar-refractivity contribution in [2.45, 2.75) is 24.8 Å². The molecule has 0 spiro atoms. The first kappa shape index (κ1) is 20.7. The second-order valence-corrected chi connectivity index (χ2v) is 7.33. The van der Waals surface area contributed by atoms with Crippen molar-refractivity contribution in [3.8, 4) is 5.75 Å². The van der Waals surface area contributed by atoms with Crippen LogP contribution in [-0.4, -0.2) is 42.8 Å². The summed E-state index contributed by atoms with van der Waals surface area (Å²) in [6.45, 7) is 3.70. The number of carbonyl (C=O) groups is 3. The number of carbonyl (C=O) groups excluding carboxylic acids is 3. The van der Waals surface area contributed by atoms with Gasteiger partial charge in [-0.25, -0.2) is 0 Å². The van der Waals surface area contributed by atoms with E-state index >= 15 is 0 Å². The fraction of sp³-hybridized carbons (Fsp3) is 0.286. The maximum atomic E-state index is 12.3. The first-order chi connectivity index (χ1) is 14.0. The fourth-order valence-electron chi connectivity index (χ4n) is 2.79. The number of amides is 2. The molecule has 0 aliphatic carbocycles. The Morgan fingerprint density at radius 1 is 1.17 bits per heavy atom. The van der Waals surface area contributed by atoms with E-state index in [-0.39, 0.29) is 18.2 Å². The number of anilines is 2. The summed E-state index contributed by atoms with van der Waals surface area (Å²) in [6, 6.07) is 14.3. The molecule has 1 aliphatic rings. The minimum atomic E-state index is -1.00. The Kier molecular flexibility index (Phi) is 6.77. The maximum Gasteiger partial charge on any atom is 0.326 e. The number of nitrogens with one attached hydrogen (secondary N) is 1. The molecule has 0 saturated carbocycles. The zero-order valence-corrected chi connectivity index (χ0v) is 17.0. The Bertz CT molecular complexity index is 900. The van der Waals surface area contributed by atoms with Crippen molar-refractivity contribution in [1.29, 1.82) is 0 Å². The third kappa shape index (κ3) is 5.29. The predicted octanol–water partition coefficient (Wildman–Crippen LogP) is 3.09. The van der Waals surface area contributed by atoms with Crippen molar-refractivity contribution in [2.24, 2.45) is 0 Å². The molecule has 0 aromatic heterocycles. The van der Waals surface area contributed by atoms with Gasteiger partial charge in [0, 0.05) is 10.6 Å². The molecule has 29 heavy (non-hydrogen) atoms. The van der Waals surface area contributed by atoms with Crippen molar-refractivity contribution < 1.29 is 23.9 Å². The molecule has 1 atom stereocenters. The summed E-state index contributed by atoms with van der Waals surface area (Å²) >= 11 is 1.44. The van der Waals surface area contributed by atoms with Gasteiger partial charge in [0.2, 0.25) is 5.91 Å². The molecular formula is C21H22N2O5S. The van der Waals surface area contributed by atoms with Gasteiger partial charge in [-0.3, -0.25) is 19.3 Å². The zero-order chi connectivity index (χ0) is 20.8. The van der Waals surface area contributed by atoms with E-state index in [1.807, 2.05) is 25.1 Å². The minimum Gasteiger partial charge on any atom is -0.494 e. The third-order valence-electron chi connectivity index (χ3n) is 4.21. The number of ether oxygens (including phenoxy) is 2. The molecule has 1 aliphatic heterocycles. The van der Waals surface area contributed by atoms with Gasteiger partial charge in [-0.15, -0.1) is 11.8 Å². The number of benzene rings is 2. The summed E-state index contributed by atoms with van der Waals surface area (Å²) in [5.41, 5.74) is 1.25. The Balaban J connectivity index is 1.56. The lowest BCUT2D eigenvalue weighted by Crippen LogP contribution is -2.41. The van der Waals surface area contributed by atoms with Crippen molar-refractivity contribution >= 4 is 40.9 Å². The molecule has 0 radical (unpaired) electrons. The molecule has 0 bridgehead atoms. The Labute approximate surface area is 173 Å². The zero-order valence-electron chi connectivity index (χ0n) is 16.2. The Hall–Kier alpha value is -3.00. The monoisotopic (exact) mass is 414 g/mol. The van der Waals surface area contributed by atoms with Gasteiger partial charge in [0.15, 0.2) is 6.10 Å². The van der Waals surface area contributed by atoms with Crippen molar-refractivity contribution in [3.63, 3.8) is 0 Å². The van der Waals surface area contributed by atoms with Crippen LogP contribution in [0.15, 0.2) is 53.4 Å². The topological polar surface area (TPSA) is 84.9 Å². The lowest BCUT2D eigenvalue weighted by atomic mass is 10.2. The molecule has 7 nitrogen and oxygen atoms in total. The highest BCUT2D eigenvalue weighted by Crippen LogP contribution is 2.34. The minimum absolute atomic E-state index is 0.169. The number of hydrogen-bond acceptors (Lipinski definition) is 6. The van der Waals surface area contributed by atoms with Crippen LogP contribution in [0.2, 0.25) is 0 Å². The van der Waals surface area contributed by atoms with Gasteiger partial charge in [-0.1, -0.05) is 12.1 Å². The van der Waals surface area contributed by atoms with Gasteiger partial charge in [-0.2, -0.15) is 0 Å². The van der Waals surface area contributed by atoms with E-state index in [0.29, 0.717) is 23.7 Å². The van der Waals surface area contributed by atoms with E-state index < -0.39 is 18.0 Å². The van der Waals surface area contributed by atoms with E-state index in [9.17, 15) is 14.4 Å². The van der Waals surface area contributed by atoms with Gasteiger partial charge in [-0.05, 0) is 50.2 Å². The highest BCUT2D eigenvalue weighted by atomic mass is 32.2. The van der Waals surface area contributed by atoms with Gasteiger partial charge in [0.25, 0.3) is 5.91 Å². The summed E-state index contributed by atoms with van der Waals surface area (Å²) in [4.78, 5) is 39.2. The lowest BCUT2D eigenvalue weighted by Gasteiger charge is -2.28. The highest BCUT2D eigenvalue weighted by molar-refractivity contribution is 8.00. The summed E-state index contributed by atoms with van der Waals surface area (Å²) < 4.78 is 10.6. The molecular weight excluding hydrogens is 392 g/mol. The van der Waals surface area contributed by atoms with Crippen LogP contribution in [0.25, 0.3) is 0 Å². The number of thioether (sulfide) groups is 1. The molecule has 0 saturated heterocycles. The summed E-state index contributed by atoms with van der Waals surface area (Å²) in [5.74, 6) is -0.303. The number of nitrogens with zero attached hydrogens (tertiary/aromatic N) is 1. The van der Waals surface area contributed by atoms with Crippen LogP contribution < -0.4 is 15.0 Å². The van der Waals surface area contributed by atoms with E-state index in [2.05, 4.69) is 5.32 Å². The Morgan fingerprint density at radius 2 is 1.90 bits per heavy atom. The fourth-order valence-corrected chi connectivity index (χ4v) is 3.73. The number of esters is 1. The average molecular weight is 414 g/mol. The van der Waals surface area contributed by atoms with E-state index in [4.69, 9.17) is 9.47 Å². The van der Waals surface area contributed by atoms with Gasteiger partial charge < -0.3 is 14.8 Å². The predicted molar refractivity (Wildman–Crippen MR) is 111 cm³/mol. The average Bonchev–Trinajstić information content (AvgIpc) is 2.71. The van der Waals surface area contributed by atoms with Gasteiger partial charge in [0.1, 0.15) is 12.3 Å². The highest BCUT2D eigenvalue weighted by Gasteiger charge is 2.28. The van der Waals surface area contributed by atoms with Crippen LogP contribution in [0.3, 0.4) is 0 Å². The second-order valence-electron chi connectivity index (χ2n) is 6.32. The van der Waals surface area contributed by atoms with Crippen LogP contribution in [-0.2, 0) is 19.1 Å². The molecule has 1 heterocycles. The molecule has 2 amide bonds. The van der Waals surface area contributed by atoms with Gasteiger partial charge >= 0.3 is 5.97 Å². The molecule has 0 fully saturated rings. The molecule has 2 aromatic rings. The quantitative estimate of drug-likeness (QED) is 0.701. The van der Waals surface area contributed by atoms with Crippen LogP contribution in [0.5, 0.6) is 5.75 Å². The summed E-state index contributed by atoms with van der Waals surface area (Å²) in [5, 5.41) is 2.69. The first-order valence-corrected chi connectivity index (χ1v) is 10.2. The number of para-hydroxylation sites is 1. The van der Waals surface area contributed by atoms with Crippen LogP contribution in [0.4, 0.5) is 11.4 Å². The molecule has 152 valence electrons. The maximum absolute atomic E-state index is 12.3. The van der Waals surface area contributed by atoms with Crippen LogP contribution in [0.1, 0.15) is 13.8 Å². The second kappa shape index (κ2) is 9.47. The van der Waals surface area contributed by atoms with E-state index in [0.717, 1.165) is 4.90 Å². The largest absolute Gasteiger partial charge is 0.494 e. The smallest absolute Gasteiger partial charge is 0.326 e. The van der Waals surface area contributed by atoms with Crippen molar-refractivity contribution in [2.75, 3.05) is 29.1 Å². The SMILES string of the molecule is CCOc1ccc(NC(=O)[C@@H](C)OC(=O)CN2C(=O)CSc3ccccc32)cc1. The molecule has 0 unspecified atom stereocenters. The van der Waals surface area contributed by atoms with Crippen LogP contribution >= 0.6 is 11.8 Å². The van der Waals surface area contributed by atoms with E-state index in [1.165, 1.54) is 23.6 Å². The van der Waals surface area contributed by atoms with E-state index in [1.54, 1.807) is 30.3 Å². The molecule has 8 heteroatoms. The molecule has 1 N–H and O–H groups in total. The molecule has 2 aromatic carbocycles. The first-order valence-electron chi connectivity index (χ1n) is 9.23. The normalized spacial score (nSPS) is 14.0. The van der Waals surface area contributed by atoms with Gasteiger partial charge in [0.05, 0.1) is 18.0 Å². The summed E-state index contributed by atoms with van der Waals surface area (Å²) in [6.07, 6.45) is -1.00. The van der Waals surface area contributed by atoms with Crippen molar-refractivity contribution in [3.05, 3.63) is 48.5 Å².